The van der Waals surface area contributed by atoms with E-state index in [0.29, 0.717) is 0 Å². The molecule has 0 spiro atoms. The van der Waals surface area contributed by atoms with E-state index in [2.05, 4.69) is 0 Å². The number of nitrogens with zero attached hydrogens (tertiary/aromatic N) is 1. The van der Waals surface area contributed by atoms with Gasteiger partial charge in [0.2, 0.25) is 6.41 Å². The Morgan fingerprint density at radius 2 is 1.77 bits per heavy atom. The molecule has 1 rings (SSSR count). The topological polar surface area (TPSA) is 20.3 Å². The molecule has 0 N–H and O–H groups in total. The van der Waals surface area contributed by atoms with Gasteiger partial charge in [0.25, 0.3) is 0 Å². The van der Waals surface area contributed by atoms with Crippen molar-refractivity contribution in [1.29, 1.82) is 0 Å². The van der Waals surface area contributed by atoms with Crippen molar-refractivity contribution >= 4 is 12.1 Å². The first-order valence-electron chi connectivity index (χ1n) is 4.45. The predicted molar refractivity (Wildman–Crippen MR) is 54.9 cm³/mol. The van der Waals surface area contributed by atoms with E-state index < -0.39 is 0 Å². The second-order valence-electron chi connectivity index (χ2n) is 3.44. The predicted octanol–water partition coefficient (Wildman–Crippen LogP) is 2.37. The quantitative estimate of drug-likeness (QED) is 0.649. The van der Waals surface area contributed by atoms with Crippen molar-refractivity contribution in [1.82, 2.24) is 0 Å². The normalized spacial score (nSPS) is 10.2. The number of carbonyl (C=O) groups is 1. The van der Waals surface area contributed by atoms with Crippen molar-refractivity contribution in [2.24, 2.45) is 0 Å². The smallest absolute Gasteiger partial charge is 0.214 e. The van der Waals surface area contributed by atoms with Crippen molar-refractivity contribution in [3.8, 4) is 0 Å². The fraction of sp³-hybridized carbons (Fsp3) is 0.364. The van der Waals surface area contributed by atoms with Crippen LogP contribution in [0.3, 0.4) is 0 Å². The summed E-state index contributed by atoms with van der Waals surface area (Å²) in [5, 5.41) is 0. The Morgan fingerprint density at radius 3 is 2.15 bits per heavy atom. The number of hydrogen-bond acceptors (Lipinski definition) is 1. The summed E-state index contributed by atoms with van der Waals surface area (Å²) in [5.74, 6) is 0. The minimum atomic E-state index is 0.209. The molecule has 0 unspecified atom stereocenters. The first-order valence-corrected chi connectivity index (χ1v) is 4.45. The van der Waals surface area contributed by atoms with Gasteiger partial charge in [0.05, 0.1) is 0 Å². The van der Waals surface area contributed by atoms with Crippen LogP contribution in [0.1, 0.15) is 19.4 Å². The largest absolute Gasteiger partial charge is 0.313 e. The van der Waals surface area contributed by atoms with Crippen LogP contribution in [0.4, 0.5) is 5.69 Å². The Morgan fingerprint density at radius 1 is 1.23 bits per heavy atom. The third kappa shape index (κ3) is 2.31. The monoisotopic (exact) mass is 177 g/mol. The lowest BCUT2D eigenvalue weighted by atomic mass is 10.2. The molecule has 2 nitrogen and oxygen atoms in total. The van der Waals surface area contributed by atoms with Crippen LogP contribution in [0.2, 0.25) is 0 Å². The van der Waals surface area contributed by atoms with Crippen LogP contribution in [-0.2, 0) is 4.79 Å². The van der Waals surface area contributed by atoms with E-state index in [9.17, 15) is 4.79 Å². The summed E-state index contributed by atoms with van der Waals surface area (Å²) >= 11 is 0. The zero-order valence-electron chi connectivity index (χ0n) is 8.32. The molecule has 0 heterocycles. The summed E-state index contributed by atoms with van der Waals surface area (Å²) in [4.78, 5) is 12.5. The summed E-state index contributed by atoms with van der Waals surface area (Å²) in [6, 6.07) is 8.15. The number of rotatable bonds is 3. The van der Waals surface area contributed by atoms with Gasteiger partial charge in [-0.05, 0) is 32.9 Å². The van der Waals surface area contributed by atoms with E-state index in [-0.39, 0.29) is 6.04 Å². The molecule has 0 atom stereocenters. The van der Waals surface area contributed by atoms with E-state index in [4.69, 9.17) is 0 Å². The minimum Gasteiger partial charge on any atom is -0.313 e. The molecule has 0 saturated heterocycles. The average molecular weight is 177 g/mol. The van der Waals surface area contributed by atoms with Gasteiger partial charge in [-0.25, -0.2) is 0 Å². The molecule has 0 radical (unpaired) electrons. The molecule has 0 fully saturated rings. The van der Waals surface area contributed by atoms with Gasteiger partial charge in [0, 0.05) is 11.7 Å². The van der Waals surface area contributed by atoms with E-state index in [1.54, 1.807) is 4.90 Å². The maximum atomic E-state index is 10.8. The molecule has 0 aliphatic carbocycles. The van der Waals surface area contributed by atoms with Crippen LogP contribution in [0.25, 0.3) is 0 Å². The molecule has 2 heteroatoms. The first-order chi connectivity index (χ1) is 6.15. The number of benzene rings is 1. The van der Waals surface area contributed by atoms with Crippen LogP contribution < -0.4 is 4.90 Å². The minimum absolute atomic E-state index is 0.209. The van der Waals surface area contributed by atoms with Gasteiger partial charge in [0.15, 0.2) is 0 Å². The third-order valence-electron chi connectivity index (χ3n) is 2.00. The fourth-order valence-corrected chi connectivity index (χ4v) is 1.20. The molecular formula is C11H15NO. The van der Waals surface area contributed by atoms with Crippen molar-refractivity contribution in [3.05, 3.63) is 29.8 Å². The molecule has 1 aromatic carbocycles. The van der Waals surface area contributed by atoms with Gasteiger partial charge in [-0.3, -0.25) is 4.79 Å². The molecule has 13 heavy (non-hydrogen) atoms. The molecule has 0 saturated carbocycles. The zero-order chi connectivity index (χ0) is 9.84. The Kier molecular flexibility index (Phi) is 3.07. The second kappa shape index (κ2) is 4.08. The molecule has 70 valence electrons. The van der Waals surface area contributed by atoms with Crippen molar-refractivity contribution in [2.45, 2.75) is 26.8 Å². The molecule has 0 bridgehead atoms. The van der Waals surface area contributed by atoms with E-state index in [0.717, 1.165) is 12.1 Å². The standard InChI is InChI=1S/C11H15NO/c1-9(2)12(8-13)11-6-4-10(3)5-7-11/h4-9H,1-3H3. The van der Waals surface area contributed by atoms with Gasteiger partial charge in [-0.1, -0.05) is 17.7 Å². The summed E-state index contributed by atoms with van der Waals surface area (Å²) in [6.45, 7) is 6.02. The zero-order valence-corrected chi connectivity index (χ0v) is 8.32. The maximum Gasteiger partial charge on any atom is 0.214 e. The Hall–Kier alpha value is -1.31. The molecular weight excluding hydrogens is 162 g/mol. The molecule has 1 aromatic rings. The highest BCUT2D eigenvalue weighted by Crippen LogP contribution is 2.15. The summed E-state index contributed by atoms with van der Waals surface area (Å²) < 4.78 is 0. The van der Waals surface area contributed by atoms with Crippen molar-refractivity contribution < 1.29 is 4.79 Å². The Labute approximate surface area is 79.2 Å². The van der Waals surface area contributed by atoms with Crippen LogP contribution in [-0.4, -0.2) is 12.5 Å². The first kappa shape index (κ1) is 9.78. The Balaban J connectivity index is 2.92. The van der Waals surface area contributed by atoms with Crippen LogP contribution in [0.5, 0.6) is 0 Å². The summed E-state index contributed by atoms with van der Waals surface area (Å²) in [5.41, 5.74) is 2.16. The lowest BCUT2D eigenvalue weighted by molar-refractivity contribution is -0.107. The number of carbonyl (C=O) groups excluding carboxylic acids is 1. The highest BCUT2D eigenvalue weighted by Gasteiger charge is 2.07. The molecule has 0 aliphatic heterocycles. The van der Waals surface area contributed by atoms with Gasteiger partial charge in [-0.15, -0.1) is 0 Å². The maximum absolute atomic E-state index is 10.8. The summed E-state index contributed by atoms with van der Waals surface area (Å²) in [6.07, 6.45) is 0.870. The number of anilines is 1. The van der Waals surface area contributed by atoms with E-state index >= 15 is 0 Å². The number of aryl methyl sites for hydroxylation is 1. The summed E-state index contributed by atoms with van der Waals surface area (Å²) in [7, 11) is 0. The Bertz CT molecular complexity index is 277. The van der Waals surface area contributed by atoms with Gasteiger partial charge >= 0.3 is 0 Å². The van der Waals surface area contributed by atoms with Crippen LogP contribution in [0, 0.1) is 6.92 Å². The lowest BCUT2D eigenvalue weighted by Crippen LogP contribution is -2.28. The highest BCUT2D eigenvalue weighted by molar-refractivity contribution is 5.75. The average Bonchev–Trinajstić information content (AvgIpc) is 2.09. The van der Waals surface area contributed by atoms with Gasteiger partial charge in [-0.2, -0.15) is 0 Å². The van der Waals surface area contributed by atoms with Gasteiger partial charge < -0.3 is 4.90 Å². The highest BCUT2D eigenvalue weighted by atomic mass is 16.1. The SMILES string of the molecule is Cc1ccc(N(C=O)C(C)C)cc1. The molecule has 1 amide bonds. The number of amides is 1. The lowest BCUT2D eigenvalue weighted by Gasteiger charge is -2.21. The van der Waals surface area contributed by atoms with Crippen molar-refractivity contribution in [2.75, 3.05) is 4.90 Å². The second-order valence-corrected chi connectivity index (χ2v) is 3.44. The van der Waals surface area contributed by atoms with Crippen LogP contribution in [0.15, 0.2) is 24.3 Å². The van der Waals surface area contributed by atoms with E-state index in [1.165, 1.54) is 5.56 Å². The molecule has 0 aromatic heterocycles. The van der Waals surface area contributed by atoms with Crippen molar-refractivity contribution in [3.63, 3.8) is 0 Å². The van der Waals surface area contributed by atoms with Gasteiger partial charge in [0.1, 0.15) is 0 Å². The number of hydrogen-bond donors (Lipinski definition) is 0. The fourth-order valence-electron chi connectivity index (χ4n) is 1.20. The third-order valence-corrected chi connectivity index (χ3v) is 2.00. The van der Waals surface area contributed by atoms with E-state index in [1.807, 2.05) is 45.0 Å². The molecule has 0 aliphatic rings. The van der Waals surface area contributed by atoms with Crippen LogP contribution >= 0.6 is 0 Å².